The highest BCUT2D eigenvalue weighted by Gasteiger charge is 2.56. The number of hydrogen-bond acceptors (Lipinski definition) is 6. The molecule has 0 amide bonds. The van der Waals surface area contributed by atoms with Crippen LogP contribution in [-0.4, -0.2) is 42.4 Å². The van der Waals surface area contributed by atoms with Gasteiger partial charge in [-0.25, -0.2) is 4.79 Å². The summed E-state index contributed by atoms with van der Waals surface area (Å²) in [5.74, 6) is -4.04. The van der Waals surface area contributed by atoms with Crippen LogP contribution in [0.1, 0.15) is 26.7 Å². The highest BCUT2D eigenvalue weighted by molar-refractivity contribution is 5.87. The fourth-order valence-corrected chi connectivity index (χ4v) is 2.80. The second kappa shape index (κ2) is 6.45. The highest BCUT2D eigenvalue weighted by Crippen LogP contribution is 2.43. The normalized spacial score (nSPS) is 30.3. The topological polar surface area (TPSA) is 78.9 Å². The first-order chi connectivity index (χ1) is 11.0. The first kappa shape index (κ1) is 18.3. The van der Waals surface area contributed by atoms with Crippen LogP contribution < -0.4 is 0 Å². The molecule has 1 aliphatic carbocycles. The maximum absolute atomic E-state index is 12.5. The number of carbonyl (C=O) groups excluding carboxylic acids is 3. The number of esters is 3. The van der Waals surface area contributed by atoms with Crippen LogP contribution in [0.5, 0.6) is 0 Å². The first-order valence-corrected chi connectivity index (χ1v) is 7.34. The van der Waals surface area contributed by atoms with E-state index >= 15 is 0 Å². The van der Waals surface area contributed by atoms with Crippen molar-refractivity contribution in [2.75, 3.05) is 0 Å². The zero-order chi connectivity index (χ0) is 18.2. The van der Waals surface area contributed by atoms with Gasteiger partial charge in [-0.3, -0.25) is 9.59 Å². The van der Waals surface area contributed by atoms with Gasteiger partial charge in [-0.05, 0) is 20.3 Å². The molecule has 0 aromatic heterocycles. The summed E-state index contributed by atoms with van der Waals surface area (Å²) in [5, 5.41) is 0. The lowest BCUT2D eigenvalue weighted by Gasteiger charge is -2.30. The molecule has 2 rings (SSSR count). The number of fused-ring (bicyclic) bond motifs is 2. The van der Waals surface area contributed by atoms with E-state index in [2.05, 4.69) is 11.3 Å². The van der Waals surface area contributed by atoms with Gasteiger partial charge in [0.1, 0.15) is 6.10 Å². The second-order valence-electron chi connectivity index (χ2n) is 6.03. The van der Waals surface area contributed by atoms with E-state index in [0.29, 0.717) is 6.92 Å². The zero-order valence-electron chi connectivity index (χ0n) is 13.1. The van der Waals surface area contributed by atoms with Gasteiger partial charge in [0.25, 0.3) is 0 Å². The Hall–Kier alpha value is -2.06. The predicted molar refractivity (Wildman–Crippen MR) is 72.4 cm³/mol. The Balaban J connectivity index is 2.12. The Morgan fingerprint density at radius 3 is 2.54 bits per heavy atom. The van der Waals surface area contributed by atoms with Gasteiger partial charge < -0.3 is 14.2 Å². The number of rotatable bonds is 4. The summed E-state index contributed by atoms with van der Waals surface area (Å²) in [4.78, 5) is 35.2. The lowest BCUT2D eigenvalue weighted by Crippen LogP contribution is -2.44. The number of alkyl halides is 3. The molecular weight excluding hydrogens is 333 g/mol. The molecule has 0 N–H and O–H groups in total. The molecule has 0 aromatic carbocycles. The van der Waals surface area contributed by atoms with E-state index in [0.717, 1.165) is 0 Å². The van der Waals surface area contributed by atoms with Crippen LogP contribution in [0.15, 0.2) is 12.2 Å². The summed E-state index contributed by atoms with van der Waals surface area (Å²) in [7, 11) is 0. The molecule has 1 aliphatic heterocycles. The fraction of sp³-hybridized carbons (Fsp3) is 0.667. The monoisotopic (exact) mass is 350 g/mol. The second-order valence-corrected chi connectivity index (χ2v) is 6.03. The third-order valence-electron chi connectivity index (χ3n) is 4.09. The average Bonchev–Trinajstić information content (AvgIpc) is 2.65. The maximum atomic E-state index is 12.5. The summed E-state index contributed by atoms with van der Waals surface area (Å²) in [6, 6.07) is 0. The van der Waals surface area contributed by atoms with Gasteiger partial charge in [0.15, 0.2) is 12.2 Å². The quantitative estimate of drug-likeness (QED) is 0.438. The molecule has 134 valence electrons. The molecule has 5 atom stereocenters. The number of halogens is 3. The molecule has 1 saturated heterocycles. The third-order valence-corrected chi connectivity index (χ3v) is 4.09. The molecule has 2 bridgehead atoms. The van der Waals surface area contributed by atoms with Crippen molar-refractivity contribution in [3.8, 4) is 0 Å². The van der Waals surface area contributed by atoms with E-state index in [1.165, 1.54) is 6.92 Å². The number of carbonyl (C=O) groups is 3. The largest absolute Gasteiger partial charge is 0.457 e. The van der Waals surface area contributed by atoms with Crippen LogP contribution in [-0.2, 0) is 28.6 Å². The van der Waals surface area contributed by atoms with E-state index < -0.39 is 54.2 Å². The summed E-state index contributed by atoms with van der Waals surface area (Å²) in [6.45, 7) is 5.57. The molecule has 2 fully saturated rings. The van der Waals surface area contributed by atoms with Crippen molar-refractivity contribution in [2.45, 2.75) is 51.2 Å². The molecule has 24 heavy (non-hydrogen) atoms. The van der Waals surface area contributed by atoms with Gasteiger partial charge >= 0.3 is 24.1 Å². The van der Waals surface area contributed by atoms with Crippen molar-refractivity contribution in [3.63, 3.8) is 0 Å². The number of hydrogen-bond donors (Lipinski definition) is 0. The molecule has 1 saturated carbocycles. The Labute approximate surface area is 135 Å². The van der Waals surface area contributed by atoms with E-state index in [4.69, 9.17) is 9.47 Å². The molecule has 2 aliphatic rings. The van der Waals surface area contributed by atoms with Crippen LogP contribution in [0, 0.1) is 11.8 Å². The van der Waals surface area contributed by atoms with Crippen LogP contribution in [0.3, 0.4) is 0 Å². The van der Waals surface area contributed by atoms with Gasteiger partial charge in [0.2, 0.25) is 0 Å². The summed E-state index contributed by atoms with van der Waals surface area (Å²) >= 11 is 0. The van der Waals surface area contributed by atoms with E-state index in [1.807, 2.05) is 0 Å². The van der Waals surface area contributed by atoms with Crippen molar-refractivity contribution in [1.82, 2.24) is 0 Å². The molecular formula is C15H17F3O6. The van der Waals surface area contributed by atoms with Crippen molar-refractivity contribution in [2.24, 2.45) is 11.8 Å². The standard InChI is InChI=1S/C15H17F3O6/c1-6(2)13(20)24-11-8-4-9(12(11)23-10(19)5-8)14(21)22-7(3)15(16,17)18/h7-9,11-12H,1,4-5H2,2-3H3. The van der Waals surface area contributed by atoms with Gasteiger partial charge in [0.05, 0.1) is 12.3 Å². The lowest BCUT2D eigenvalue weighted by molar-refractivity contribution is -0.220. The highest BCUT2D eigenvalue weighted by atomic mass is 19.4. The van der Waals surface area contributed by atoms with Crippen molar-refractivity contribution in [3.05, 3.63) is 12.2 Å². The molecule has 0 aromatic rings. The van der Waals surface area contributed by atoms with Crippen LogP contribution in [0.25, 0.3) is 0 Å². The first-order valence-electron chi connectivity index (χ1n) is 7.34. The van der Waals surface area contributed by atoms with Gasteiger partial charge in [0, 0.05) is 11.5 Å². The van der Waals surface area contributed by atoms with Crippen LogP contribution in [0.4, 0.5) is 13.2 Å². The molecule has 0 radical (unpaired) electrons. The van der Waals surface area contributed by atoms with Crippen molar-refractivity contribution in [1.29, 1.82) is 0 Å². The smallest absolute Gasteiger partial charge is 0.425 e. The Kier molecular flexibility index (Phi) is 4.91. The molecule has 6 nitrogen and oxygen atoms in total. The molecule has 5 unspecified atom stereocenters. The zero-order valence-corrected chi connectivity index (χ0v) is 13.1. The maximum Gasteiger partial charge on any atom is 0.425 e. The van der Waals surface area contributed by atoms with E-state index in [-0.39, 0.29) is 18.4 Å². The SMILES string of the molecule is C=C(C)C(=O)OC1C2CC(=O)OC1C(C(=O)OC(C)C(F)(F)F)C2. The average molecular weight is 350 g/mol. The molecule has 9 heteroatoms. The third kappa shape index (κ3) is 3.70. The fourth-order valence-electron chi connectivity index (χ4n) is 2.80. The molecule has 0 spiro atoms. The van der Waals surface area contributed by atoms with Crippen LogP contribution in [0.2, 0.25) is 0 Å². The Morgan fingerprint density at radius 2 is 2.00 bits per heavy atom. The summed E-state index contributed by atoms with van der Waals surface area (Å²) in [5.41, 5.74) is 0.121. The van der Waals surface area contributed by atoms with Gasteiger partial charge in [-0.15, -0.1) is 0 Å². The van der Waals surface area contributed by atoms with E-state index in [9.17, 15) is 27.6 Å². The molecule has 1 heterocycles. The van der Waals surface area contributed by atoms with Gasteiger partial charge in [-0.2, -0.15) is 13.2 Å². The van der Waals surface area contributed by atoms with E-state index in [1.54, 1.807) is 0 Å². The minimum atomic E-state index is -4.69. The van der Waals surface area contributed by atoms with Gasteiger partial charge in [-0.1, -0.05) is 6.58 Å². The summed E-state index contributed by atoms with van der Waals surface area (Å²) < 4.78 is 52.2. The Morgan fingerprint density at radius 1 is 1.38 bits per heavy atom. The minimum Gasteiger partial charge on any atom is -0.457 e. The van der Waals surface area contributed by atoms with Crippen molar-refractivity contribution >= 4 is 17.9 Å². The predicted octanol–water partition coefficient (Wildman–Crippen LogP) is 1.92. The van der Waals surface area contributed by atoms with Crippen LogP contribution >= 0.6 is 0 Å². The number of ether oxygens (including phenoxy) is 3. The minimum absolute atomic E-state index is 0.0496. The lowest BCUT2D eigenvalue weighted by atomic mass is 9.99. The summed E-state index contributed by atoms with van der Waals surface area (Å²) in [6.07, 6.45) is -9.04. The Bertz CT molecular complexity index is 570. The van der Waals surface area contributed by atoms with Crippen molar-refractivity contribution < 1.29 is 41.8 Å².